The van der Waals surface area contributed by atoms with Gasteiger partial charge in [-0.3, -0.25) is 0 Å². The van der Waals surface area contributed by atoms with Gasteiger partial charge in [-0.1, -0.05) is 11.6 Å². The molecule has 8 nitrogen and oxygen atoms in total. The van der Waals surface area contributed by atoms with Gasteiger partial charge in [0, 0.05) is 0 Å². The Morgan fingerprint density at radius 2 is 2.17 bits per heavy atom. The van der Waals surface area contributed by atoms with Crippen molar-refractivity contribution in [3.63, 3.8) is 0 Å². The topological polar surface area (TPSA) is 121 Å². The van der Waals surface area contributed by atoms with Gasteiger partial charge in [0.1, 0.15) is 15.5 Å². The maximum Gasteiger partial charge on any atom is 0.407 e. The van der Waals surface area contributed by atoms with E-state index < -0.39 is 10.0 Å². The molecule has 2 fully saturated rings. The summed E-state index contributed by atoms with van der Waals surface area (Å²) in [4.78, 5) is 15.0. The minimum absolute atomic E-state index is 0.0997. The van der Waals surface area contributed by atoms with E-state index in [1.165, 1.54) is 6.07 Å². The van der Waals surface area contributed by atoms with Crippen molar-refractivity contribution < 1.29 is 22.7 Å². The summed E-state index contributed by atoms with van der Waals surface area (Å²) in [6.45, 7) is 0.973. The van der Waals surface area contributed by atoms with Crippen LogP contribution in [0.5, 0.6) is 5.88 Å². The largest absolute Gasteiger partial charge is 0.476 e. The van der Waals surface area contributed by atoms with Crippen LogP contribution < -0.4 is 15.2 Å². The van der Waals surface area contributed by atoms with Gasteiger partial charge in [-0.2, -0.15) is 0 Å². The third-order valence-electron chi connectivity index (χ3n) is 4.45. The molecule has 1 aliphatic carbocycles. The first kappa shape index (κ1) is 17.2. The molecule has 0 radical (unpaired) electrons. The zero-order valence-electron chi connectivity index (χ0n) is 12.8. The highest BCUT2D eigenvalue weighted by atomic mass is 35.5. The maximum absolute atomic E-state index is 11.2. The maximum atomic E-state index is 11.2. The third kappa shape index (κ3) is 3.73. The number of nitrogens with one attached hydrogen (secondary N) is 1. The Balaban J connectivity index is 1.55. The smallest absolute Gasteiger partial charge is 0.407 e. The average Bonchev–Trinajstić information content (AvgIpc) is 2.88. The Hall–Kier alpha value is -1.58. The highest BCUT2D eigenvalue weighted by molar-refractivity contribution is 7.89. The fourth-order valence-electron chi connectivity index (χ4n) is 3.02. The van der Waals surface area contributed by atoms with Crippen molar-refractivity contribution in [1.29, 1.82) is 0 Å². The van der Waals surface area contributed by atoms with Crippen LogP contribution in [0.15, 0.2) is 17.2 Å². The van der Waals surface area contributed by atoms with Crippen LogP contribution in [0.1, 0.15) is 25.7 Å². The summed E-state index contributed by atoms with van der Waals surface area (Å²) in [5.74, 6) is 0.476. The van der Waals surface area contributed by atoms with Crippen LogP contribution in [0.2, 0.25) is 5.02 Å². The quantitative estimate of drug-likeness (QED) is 0.821. The van der Waals surface area contributed by atoms with E-state index in [9.17, 15) is 13.2 Å². The molecule has 1 aliphatic heterocycles. The van der Waals surface area contributed by atoms with E-state index >= 15 is 0 Å². The van der Waals surface area contributed by atoms with Gasteiger partial charge in [-0.15, -0.1) is 0 Å². The zero-order valence-corrected chi connectivity index (χ0v) is 14.4. The van der Waals surface area contributed by atoms with Crippen molar-refractivity contribution in [1.82, 2.24) is 10.3 Å². The summed E-state index contributed by atoms with van der Waals surface area (Å²) in [5.41, 5.74) is -0.374. The number of alkyl carbamates (subject to hydrolysis) is 1. The minimum Gasteiger partial charge on any atom is -0.476 e. The Morgan fingerprint density at radius 3 is 2.71 bits per heavy atom. The van der Waals surface area contributed by atoms with E-state index in [0.717, 1.165) is 31.9 Å². The van der Waals surface area contributed by atoms with Crippen molar-refractivity contribution >= 4 is 27.7 Å². The van der Waals surface area contributed by atoms with E-state index in [1.54, 1.807) is 0 Å². The Morgan fingerprint density at radius 1 is 1.46 bits per heavy atom. The molecule has 1 aromatic heterocycles. The summed E-state index contributed by atoms with van der Waals surface area (Å²) in [7, 11) is -3.84. The van der Waals surface area contributed by atoms with E-state index in [-0.39, 0.29) is 27.5 Å². The van der Waals surface area contributed by atoms with Crippen molar-refractivity contribution in [2.75, 3.05) is 13.2 Å². The molecule has 0 unspecified atom stereocenters. The lowest BCUT2D eigenvalue weighted by atomic mass is 9.79. The second-order valence-corrected chi connectivity index (χ2v) is 8.15. The molecule has 2 heterocycles. The predicted molar refractivity (Wildman–Crippen MR) is 85.3 cm³/mol. The summed E-state index contributed by atoms with van der Waals surface area (Å²) in [6.07, 6.45) is 4.06. The van der Waals surface area contributed by atoms with Crippen LogP contribution in [-0.2, 0) is 14.8 Å². The molecule has 1 saturated carbocycles. The average molecular weight is 376 g/mol. The summed E-state index contributed by atoms with van der Waals surface area (Å²) >= 11 is 5.99. The molecular formula is C14H18ClN3O5S. The number of nitrogens with two attached hydrogens (primary N) is 1. The van der Waals surface area contributed by atoms with Crippen LogP contribution in [0.3, 0.4) is 0 Å². The molecule has 1 saturated heterocycles. The molecule has 0 bridgehead atoms. The molecule has 0 aromatic carbocycles. The van der Waals surface area contributed by atoms with Gasteiger partial charge in [-0.25, -0.2) is 23.3 Å². The molecule has 1 aromatic rings. The minimum atomic E-state index is -3.84. The summed E-state index contributed by atoms with van der Waals surface area (Å²) < 4.78 is 33.5. The number of sulfonamides is 1. The lowest BCUT2D eigenvalue weighted by molar-refractivity contribution is 0.00695. The van der Waals surface area contributed by atoms with Gasteiger partial charge < -0.3 is 14.8 Å². The molecule has 3 rings (SSSR count). The number of carbonyl (C=O) groups is 1. The Kier molecular flexibility index (Phi) is 4.58. The van der Waals surface area contributed by atoms with E-state index in [0.29, 0.717) is 19.1 Å². The number of carbonyl (C=O) groups excluding carboxylic acids is 1. The van der Waals surface area contributed by atoms with Gasteiger partial charge in [0.15, 0.2) is 0 Å². The fraction of sp³-hybridized carbons (Fsp3) is 0.571. The van der Waals surface area contributed by atoms with Crippen molar-refractivity contribution in [2.45, 2.75) is 36.2 Å². The van der Waals surface area contributed by atoms with Crippen molar-refractivity contribution in [2.24, 2.45) is 11.1 Å². The van der Waals surface area contributed by atoms with E-state index in [1.807, 2.05) is 0 Å². The first-order valence-corrected chi connectivity index (χ1v) is 9.48. The number of amides is 1. The first-order chi connectivity index (χ1) is 11.3. The number of hydrogen-bond acceptors (Lipinski definition) is 6. The number of ether oxygens (including phenoxy) is 2. The molecular weight excluding hydrogens is 358 g/mol. The molecule has 10 heteroatoms. The first-order valence-electron chi connectivity index (χ1n) is 7.55. The Labute approximate surface area is 144 Å². The second kappa shape index (κ2) is 6.38. The number of rotatable bonds is 4. The monoisotopic (exact) mass is 375 g/mol. The molecule has 24 heavy (non-hydrogen) atoms. The molecule has 1 spiro atoms. The molecule has 1 amide bonds. The Bertz CT molecular complexity index is 747. The van der Waals surface area contributed by atoms with Gasteiger partial charge in [0.2, 0.25) is 15.9 Å². The normalized spacial score (nSPS) is 26.9. The van der Waals surface area contributed by atoms with Crippen LogP contribution in [0.4, 0.5) is 4.79 Å². The lowest BCUT2D eigenvalue weighted by Crippen LogP contribution is -2.38. The van der Waals surface area contributed by atoms with Gasteiger partial charge in [0.05, 0.1) is 19.3 Å². The van der Waals surface area contributed by atoms with E-state index in [4.69, 9.17) is 26.2 Å². The predicted octanol–water partition coefficient (Wildman–Crippen LogP) is 1.43. The van der Waals surface area contributed by atoms with E-state index in [2.05, 4.69) is 10.3 Å². The van der Waals surface area contributed by atoms with Crippen molar-refractivity contribution in [3.05, 3.63) is 17.3 Å². The van der Waals surface area contributed by atoms with Gasteiger partial charge >= 0.3 is 6.09 Å². The number of hydrogen-bond donors (Lipinski definition) is 2. The zero-order chi connectivity index (χ0) is 17.4. The SMILES string of the molecule is NS(=O)(=O)c1cnc(OC[C@H]2CC[C@]3(CC2)CNC(=O)O3)c(Cl)c1. The molecule has 132 valence electrons. The molecule has 2 aliphatic rings. The standard InChI is InChI=1S/C14H18ClN3O5S/c15-11-5-10(24(16,20)21)6-17-12(11)22-7-9-1-3-14(4-2-9)8-18-13(19)23-14/h5-6,9H,1-4,7-8H2,(H,18,19)(H2,16,20,21)/t9-,14-. The van der Waals surface area contributed by atoms with Crippen LogP contribution in [0, 0.1) is 5.92 Å². The van der Waals surface area contributed by atoms with Gasteiger partial charge in [-0.05, 0) is 37.7 Å². The van der Waals surface area contributed by atoms with Crippen LogP contribution in [-0.4, -0.2) is 38.2 Å². The van der Waals surface area contributed by atoms with Crippen LogP contribution >= 0.6 is 11.6 Å². The van der Waals surface area contributed by atoms with Crippen molar-refractivity contribution in [3.8, 4) is 5.88 Å². The third-order valence-corrected chi connectivity index (χ3v) is 5.60. The number of pyridine rings is 1. The lowest BCUT2D eigenvalue weighted by Gasteiger charge is -2.34. The number of primary sulfonamides is 1. The highest BCUT2D eigenvalue weighted by Crippen LogP contribution is 2.37. The number of nitrogens with zero attached hydrogens (tertiary/aromatic N) is 1. The number of aromatic nitrogens is 1. The second-order valence-electron chi connectivity index (χ2n) is 6.18. The highest BCUT2D eigenvalue weighted by Gasteiger charge is 2.43. The molecule has 0 atom stereocenters. The fourth-order valence-corrected chi connectivity index (χ4v) is 3.79. The number of halogens is 1. The summed E-state index contributed by atoms with van der Waals surface area (Å²) in [5, 5.41) is 7.82. The summed E-state index contributed by atoms with van der Waals surface area (Å²) in [6, 6.07) is 1.22. The van der Waals surface area contributed by atoms with Gasteiger partial charge in [0.25, 0.3) is 0 Å². The van der Waals surface area contributed by atoms with Crippen LogP contribution in [0.25, 0.3) is 0 Å². The molecule has 3 N–H and O–H groups in total.